The molecule has 1 aliphatic rings. The maximum absolute atomic E-state index is 12.4. The molecule has 1 aliphatic heterocycles. The normalized spacial score (nSPS) is 15.8. The van der Waals surface area contributed by atoms with Gasteiger partial charge in [-0.1, -0.05) is 37.1 Å². The molecule has 1 fully saturated rings. The molecule has 0 unspecified atom stereocenters. The van der Waals surface area contributed by atoms with Crippen molar-refractivity contribution in [1.29, 1.82) is 0 Å². The second-order valence-electron chi connectivity index (χ2n) is 5.56. The molecule has 1 aromatic carbocycles. The fourth-order valence-corrected chi connectivity index (χ4v) is 2.70. The van der Waals surface area contributed by atoms with Crippen molar-refractivity contribution < 1.29 is 4.79 Å². The van der Waals surface area contributed by atoms with Crippen molar-refractivity contribution in [2.24, 2.45) is 5.73 Å². The van der Waals surface area contributed by atoms with Crippen LogP contribution in [0, 0.1) is 0 Å². The Morgan fingerprint density at radius 2 is 1.85 bits per heavy atom. The van der Waals surface area contributed by atoms with Gasteiger partial charge < -0.3 is 15.5 Å². The molecule has 4 nitrogen and oxygen atoms in total. The summed E-state index contributed by atoms with van der Waals surface area (Å²) in [4.78, 5) is 16.2. The Bertz CT molecular complexity index is 439. The third-order valence-corrected chi connectivity index (χ3v) is 3.85. The van der Waals surface area contributed by atoms with Gasteiger partial charge in [0, 0.05) is 33.2 Å². The number of hydrogen-bond acceptors (Lipinski definition) is 2. The Morgan fingerprint density at radius 1 is 1.20 bits per heavy atom. The predicted octanol–water partition coefficient (Wildman–Crippen LogP) is 2.57. The van der Waals surface area contributed by atoms with Crippen LogP contribution in [0.15, 0.2) is 24.3 Å². The summed E-state index contributed by atoms with van der Waals surface area (Å²) in [5, 5.41) is 0. The second kappa shape index (κ2) is 7.29. The van der Waals surface area contributed by atoms with Crippen molar-refractivity contribution in [3.05, 3.63) is 35.4 Å². The van der Waals surface area contributed by atoms with E-state index in [-0.39, 0.29) is 6.03 Å². The van der Waals surface area contributed by atoms with Crippen LogP contribution in [0.25, 0.3) is 0 Å². The first-order chi connectivity index (χ1) is 9.70. The summed E-state index contributed by atoms with van der Waals surface area (Å²) in [6, 6.07) is 8.28. The van der Waals surface area contributed by atoms with Crippen LogP contribution in [0.4, 0.5) is 4.79 Å². The molecule has 110 valence electrons. The Hall–Kier alpha value is -1.55. The largest absolute Gasteiger partial charge is 0.326 e. The van der Waals surface area contributed by atoms with Gasteiger partial charge >= 0.3 is 6.03 Å². The summed E-state index contributed by atoms with van der Waals surface area (Å²) < 4.78 is 0. The SMILES string of the molecule is CN(Cc1cccc(CN)c1)C(=O)N1CCCCCC1. The lowest BCUT2D eigenvalue weighted by molar-refractivity contribution is 0.162. The summed E-state index contributed by atoms with van der Waals surface area (Å²) in [6.45, 7) is 2.97. The molecule has 1 heterocycles. The summed E-state index contributed by atoms with van der Waals surface area (Å²) >= 11 is 0. The van der Waals surface area contributed by atoms with Crippen LogP contribution in [0.2, 0.25) is 0 Å². The fraction of sp³-hybridized carbons (Fsp3) is 0.562. The van der Waals surface area contributed by atoms with Crippen molar-refractivity contribution in [2.75, 3.05) is 20.1 Å². The first-order valence-electron chi connectivity index (χ1n) is 7.48. The first-order valence-corrected chi connectivity index (χ1v) is 7.48. The van der Waals surface area contributed by atoms with Gasteiger partial charge in [-0.15, -0.1) is 0 Å². The van der Waals surface area contributed by atoms with E-state index in [2.05, 4.69) is 6.07 Å². The van der Waals surface area contributed by atoms with Gasteiger partial charge in [0.25, 0.3) is 0 Å². The van der Waals surface area contributed by atoms with Crippen LogP contribution in [0.1, 0.15) is 36.8 Å². The summed E-state index contributed by atoms with van der Waals surface area (Å²) in [5.41, 5.74) is 7.90. The molecule has 2 amide bonds. The van der Waals surface area contributed by atoms with Crippen LogP contribution in [-0.2, 0) is 13.1 Å². The smallest absolute Gasteiger partial charge is 0.320 e. The number of likely N-dealkylation sites (tertiary alicyclic amines) is 1. The number of nitrogens with zero attached hydrogens (tertiary/aromatic N) is 2. The highest BCUT2D eigenvalue weighted by Gasteiger charge is 2.19. The van der Waals surface area contributed by atoms with E-state index < -0.39 is 0 Å². The molecule has 0 aliphatic carbocycles. The minimum atomic E-state index is 0.144. The Labute approximate surface area is 121 Å². The highest BCUT2D eigenvalue weighted by Crippen LogP contribution is 2.13. The minimum absolute atomic E-state index is 0.144. The number of carbonyl (C=O) groups excluding carboxylic acids is 1. The zero-order chi connectivity index (χ0) is 14.4. The maximum Gasteiger partial charge on any atom is 0.320 e. The summed E-state index contributed by atoms with van der Waals surface area (Å²) in [6.07, 6.45) is 4.74. The molecule has 0 spiro atoms. The van der Waals surface area contributed by atoms with Gasteiger partial charge in [-0.25, -0.2) is 4.79 Å². The van der Waals surface area contributed by atoms with E-state index in [1.165, 1.54) is 12.8 Å². The van der Waals surface area contributed by atoms with Crippen LogP contribution in [0.5, 0.6) is 0 Å². The monoisotopic (exact) mass is 275 g/mol. The number of urea groups is 1. The number of nitrogens with two attached hydrogens (primary N) is 1. The molecule has 20 heavy (non-hydrogen) atoms. The molecule has 4 heteroatoms. The van der Waals surface area contributed by atoms with Crippen LogP contribution in [0.3, 0.4) is 0 Å². The standard InChI is InChI=1S/C16H25N3O/c1-18(13-15-8-6-7-14(11-15)12-17)16(20)19-9-4-2-3-5-10-19/h6-8,11H,2-5,9-10,12-13,17H2,1H3. The average molecular weight is 275 g/mol. The van der Waals surface area contributed by atoms with Gasteiger partial charge in [0.15, 0.2) is 0 Å². The number of amides is 2. The molecule has 0 aromatic heterocycles. The van der Waals surface area contributed by atoms with Crippen LogP contribution >= 0.6 is 0 Å². The molecule has 0 radical (unpaired) electrons. The molecule has 0 bridgehead atoms. The van der Waals surface area contributed by atoms with E-state index >= 15 is 0 Å². The Balaban J connectivity index is 1.95. The lowest BCUT2D eigenvalue weighted by atomic mass is 10.1. The fourth-order valence-electron chi connectivity index (χ4n) is 2.70. The number of hydrogen-bond donors (Lipinski definition) is 1. The van der Waals surface area contributed by atoms with Crippen molar-refractivity contribution in [2.45, 2.75) is 38.8 Å². The van der Waals surface area contributed by atoms with Gasteiger partial charge in [-0.05, 0) is 24.0 Å². The van der Waals surface area contributed by atoms with Crippen molar-refractivity contribution in [1.82, 2.24) is 9.80 Å². The van der Waals surface area contributed by atoms with Gasteiger partial charge in [0.2, 0.25) is 0 Å². The zero-order valence-electron chi connectivity index (χ0n) is 12.3. The van der Waals surface area contributed by atoms with E-state index in [9.17, 15) is 4.79 Å². The van der Waals surface area contributed by atoms with Crippen molar-refractivity contribution >= 4 is 6.03 Å². The predicted molar refractivity (Wildman–Crippen MR) is 81.2 cm³/mol. The third-order valence-electron chi connectivity index (χ3n) is 3.85. The van der Waals surface area contributed by atoms with E-state index in [0.717, 1.165) is 37.1 Å². The molecule has 2 N–H and O–H groups in total. The molecular weight excluding hydrogens is 250 g/mol. The molecule has 1 saturated heterocycles. The second-order valence-corrected chi connectivity index (χ2v) is 5.56. The molecule has 2 rings (SSSR count). The Kier molecular flexibility index (Phi) is 5.41. The minimum Gasteiger partial charge on any atom is -0.326 e. The highest BCUT2D eigenvalue weighted by atomic mass is 16.2. The first kappa shape index (κ1) is 14.9. The lowest BCUT2D eigenvalue weighted by Crippen LogP contribution is -2.41. The summed E-state index contributed by atoms with van der Waals surface area (Å²) in [5.74, 6) is 0. The topological polar surface area (TPSA) is 49.6 Å². The van der Waals surface area contributed by atoms with Crippen LogP contribution < -0.4 is 5.73 Å². The molecule has 0 atom stereocenters. The molecular formula is C16H25N3O. The van der Waals surface area contributed by atoms with E-state index in [4.69, 9.17) is 5.73 Å². The maximum atomic E-state index is 12.4. The van der Waals surface area contributed by atoms with E-state index in [1.54, 1.807) is 4.90 Å². The van der Waals surface area contributed by atoms with Crippen molar-refractivity contribution in [3.63, 3.8) is 0 Å². The molecule has 1 aromatic rings. The van der Waals surface area contributed by atoms with Crippen LogP contribution in [-0.4, -0.2) is 36.0 Å². The van der Waals surface area contributed by atoms with E-state index in [0.29, 0.717) is 13.1 Å². The van der Waals surface area contributed by atoms with Gasteiger partial charge in [0.1, 0.15) is 0 Å². The average Bonchev–Trinajstić information content (AvgIpc) is 2.75. The number of rotatable bonds is 3. The quantitative estimate of drug-likeness (QED) is 0.921. The third kappa shape index (κ3) is 3.97. The Morgan fingerprint density at radius 3 is 2.50 bits per heavy atom. The van der Waals surface area contributed by atoms with Gasteiger partial charge in [-0.2, -0.15) is 0 Å². The lowest BCUT2D eigenvalue weighted by Gasteiger charge is -2.27. The van der Waals surface area contributed by atoms with Gasteiger partial charge in [0.05, 0.1) is 0 Å². The zero-order valence-corrected chi connectivity index (χ0v) is 12.3. The highest BCUT2D eigenvalue weighted by molar-refractivity contribution is 5.74. The molecule has 0 saturated carbocycles. The number of benzene rings is 1. The van der Waals surface area contributed by atoms with Crippen molar-refractivity contribution in [3.8, 4) is 0 Å². The number of carbonyl (C=O) groups is 1. The van der Waals surface area contributed by atoms with Gasteiger partial charge in [-0.3, -0.25) is 0 Å². The summed E-state index contributed by atoms with van der Waals surface area (Å²) in [7, 11) is 1.88. The van der Waals surface area contributed by atoms with E-state index in [1.807, 2.05) is 30.1 Å².